The van der Waals surface area contributed by atoms with Crippen LogP contribution in [-0.4, -0.2) is 21.6 Å². The van der Waals surface area contributed by atoms with Crippen LogP contribution >= 0.6 is 22.9 Å². The van der Waals surface area contributed by atoms with E-state index in [0.717, 1.165) is 24.2 Å². The minimum Gasteiger partial charge on any atom is -0.345 e. The summed E-state index contributed by atoms with van der Waals surface area (Å²) in [6, 6.07) is 0. The molecule has 0 unspecified atom stereocenters. The Labute approximate surface area is 98.0 Å². The smallest absolute Gasteiger partial charge is 0.282 e. The predicted molar refractivity (Wildman–Crippen MR) is 61.4 cm³/mol. The van der Waals surface area contributed by atoms with E-state index in [1.54, 1.807) is 0 Å². The van der Waals surface area contributed by atoms with Crippen molar-refractivity contribution in [1.82, 2.24) is 15.5 Å². The minimum atomic E-state index is -0.218. The number of rotatable bonds is 4. The monoisotopic (exact) mass is 247 g/mol. The zero-order valence-electron chi connectivity index (χ0n) is 9.00. The van der Waals surface area contributed by atoms with Crippen LogP contribution in [-0.2, 0) is 0 Å². The predicted octanol–water partition coefficient (Wildman–Crippen LogP) is 2.50. The van der Waals surface area contributed by atoms with Gasteiger partial charge >= 0.3 is 0 Å². The summed E-state index contributed by atoms with van der Waals surface area (Å²) in [6.45, 7) is 6.05. The van der Waals surface area contributed by atoms with Crippen molar-refractivity contribution in [1.29, 1.82) is 0 Å². The second kappa shape index (κ2) is 4.90. The van der Waals surface area contributed by atoms with Crippen LogP contribution in [0.3, 0.4) is 0 Å². The number of amides is 1. The first-order chi connectivity index (χ1) is 6.94. The fourth-order valence-corrected chi connectivity index (χ4v) is 2.07. The normalized spacial score (nSPS) is 11.5. The fraction of sp³-hybridized carbons (Fsp3) is 0.667. The summed E-state index contributed by atoms with van der Waals surface area (Å²) in [5, 5.41) is 10.5. The Balaban J connectivity index is 2.63. The van der Waals surface area contributed by atoms with E-state index in [9.17, 15) is 4.79 Å². The van der Waals surface area contributed by atoms with Gasteiger partial charge in [-0.3, -0.25) is 4.79 Å². The molecule has 0 saturated heterocycles. The van der Waals surface area contributed by atoms with E-state index in [0.29, 0.717) is 5.01 Å². The molecule has 0 atom stereocenters. The molecule has 0 fully saturated rings. The highest BCUT2D eigenvalue weighted by Gasteiger charge is 2.22. The highest BCUT2D eigenvalue weighted by atomic mass is 35.5. The Hall–Kier alpha value is -0.680. The maximum Gasteiger partial charge on any atom is 0.282 e. The van der Waals surface area contributed by atoms with E-state index in [2.05, 4.69) is 22.4 Å². The molecule has 0 bridgehead atoms. The second-order valence-corrected chi connectivity index (χ2v) is 5.51. The number of hydrogen-bond donors (Lipinski definition) is 1. The average Bonchev–Trinajstić information content (AvgIpc) is 2.50. The molecule has 4 nitrogen and oxygen atoms in total. The average molecular weight is 248 g/mol. The van der Waals surface area contributed by atoms with E-state index in [1.807, 2.05) is 13.8 Å². The first-order valence-corrected chi connectivity index (χ1v) is 5.95. The third kappa shape index (κ3) is 3.76. The molecule has 0 spiro atoms. The van der Waals surface area contributed by atoms with Crippen LogP contribution in [0.25, 0.3) is 0 Å². The minimum absolute atomic E-state index is 0.210. The van der Waals surface area contributed by atoms with E-state index in [4.69, 9.17) is 11.6 Å². The van der Waals surface area contributed by atoms with Crippen molar-refractivity contribution in [2.45, 2.75) is 39.2 Å². The van der Waals surface area contributed by atoms with E-state index in [1.165, 1.54) is 0 Å². The molecule has 0 aliphatic carbocycles. The largest absolute Gasteiger partial charge is 0.345 e. The van der Waals surface area contributed by atoms with Gasteiger partial charge in [0.15, 0.2) is 0 Å². The van der Waals surface area contributed by atoms with E-state index >= 15 is 0 Å². The molecule has 0 saturated carbocycles. The summed E-state index contributed by atoms with van der Waals surface area (Å²) in [6.07, 6.45) is 1.94. The van der Waals surface area contributed by atoms with Crippen molar-refractivity contribution in [3.8, 4) is 0 Å². The number of carbonyl (C=O) groups is 1. The fourth-order valence-electron chi connectivity index (χ4n) is 1.35. The molecular weight excluding hydrogens is 234 g/mol. The molecule has 6 heteroatoms. The van der Waals surface area contributed by atoms with Gasteiger partial charge in [0.25, 0.3) is 5.91 Å². The van der Waals surface area contributed by atoms with Crippen molar-refractivity contribution in [3.05, 3.63) is 9.47 Å². The summed E-state index contributed by atoms with van der Waals surface area (Å²) in [7, 11) is 0. The summed E-state index contributed by atoms with van der Waals surface area (Å²) >= 11 is 6.69. The second-order valence-electron chi connectivity index (χ2n) is 3.95. The molecular formula is C9H14ClN3OS. The maximum atomic E-state index is 11.7. The highest BCUT2D eigenvalue weighted by molar-refractivity contribution is 7.17. The molecule has 0 aromatic carbocycles. The summed E-state index contributed by atoms with van der Waals surface area (Å²) < 4.78 is 0.286. The van der Waals surface area contributed by atoms with Crippen LogP contribution in [0.15, 0.2) is 0 Å². The molecule has 0 aliphatic heterocycles. The van der Waals surface area contributed by atoms with Crippen LogP contribution < -0.4 is 5.32 Å². The Morgan fingerprint density at radius 2 is 2.20 bits per heavy atom. The summed E-state index contributed by atoms with van der Waals surface area (Å²) in [5.74, 6) is -0.210. The van der Waals surface area contributed by atoms with Gasteiger partial charge in [0.05, 0.1) is 0 Å². The zero-order valence-corrected chi connectivity index (χ0v) is 10.6. The quantitative estimate of drug-likeness (QED) is 0.890. The van der Waals surface area contributed by atoms with Crippen molar-refractivity contribution in [2.75, 3.05) is 0 Å². The molecule has 1 aromatic rings. The molecule has 0 radical (unpaired) electrons. The topological polar surface area (TPSA) is 54.9 Å². The van der Waals surface area contributed by atoms with Crippen LogP contribution in [0.4, 0.5) is 0 Å². The number of aromatic nitrogens is 2. The molecule has 1 aromatic heterocycles. The lowest BCUT2D eigenvalue weighted by Gasteiger charge is -2.24. The summed E-state index contributed by atoms with van der Waals surface area (Å²) in [4.78, 5) is 11.7. The van der Waals surface area contributed by atoms with E-state index in [-0.39, 0.29) is 15.9 Å². The third-order valence-electron chi connectivity index (χ3n) is 1.92. The van der Waals surface area contributed by atoms with Gasteiger partial charge in [0.2, 0.25) is 9.47 Å². The molecule has 1 N–H and O–H groups in total. The Morgan fingerprint density at radius 3 is 2.67 bits per heavy atom. The lowest BCUT2D eigenvalue weighted by Crippen LogP contribution is -2.43. The zero-order chi connectivity index (χ0) is 11.5. The van der Waals surface area contributed by atoms with Crippen LogP contribution in [0.2, 0.25) is 4.47 Å². The lowest BCUT2D eigenvalue weighted by atomic mass is 9.99. The van der Waals surface area contributed by atoms with Gasteiger partial charge in [-0.05, 0) is 31.9 Å². The van der Waals surface area contributed by atoms with Crippen LogP contribution in [0, 0.1) is 0 Å². The van der Waals surface area contributed by atoms with Crippen LogP contribution in [0.5, 0.6) is 0 Å². The maximum absolute atomic E-state index is 11.7. The number of hydrogen-bond acceptors (Lipinski definition) is 4. The van der Waals surface area contributed by atoms with Gasteiger partial charge in [0.1, 0.15) is 0 Å². The molecule has 0 aliphatic rings. The first-order valence-electron chi connectivity index (χ1n) is 4.76. The third-order valence-corrected chi connectivity index (χ3v) is 2.94. The summed E-state index contributed by atoms with van der Waals surface area (Å²) in [5.41, 5.74) is -0.218. The van der Waals surface area contributed by atoms with Crippen molar-refractivity contribution in [3.63, 3.8) is 0 Å². The van der Waals surface area contributed by atoms with E-state index < -0.39 is 0 Å². The van der Waals surface area contributed by atoms with Crippen LogP contribution in [0.1, 0.15) is 43.4 Å². The van der Waals surface area contributed by atoms with Gasteiger partial charge in [-0.1, -0.05) is 24.7 Å². The standard InChI is InChI=1S/C9H14ClN3OS/c1-4-5-9(2,3)11-6(14)7-12-13-8(10)15-7/h4-5H2,1-3H3,(H,11,14). The molecule has 1 rings (SSSR count). The van der Waals surface area contributed by atoms with Gasteiger partial charge in [-0.25, -0.2) is 0 Å². The molecule has 15 heavy (non-hydrogen) atoms. The van der Waals surface area contributed by atoms with Crippen molar-refractivity contribution >= 4 is 28.8 Å². The Morgan fingerprint density at radius 1 is 1.53 bits per heavy atom. The number of halogens is 1. The number of nitrogens with one attached hydrogen (secondary N) is 1. The first kappa shape index (κ1) is 12.4. The Kier molecular flexibility index (Phi) is 4.04. The number of nitrogens with zero attached hydrogens (tertiary/aromatic N) is 2. The lowest BCUT2D eigenvalue weighted by molar-refractivity contribution is 0.0908. The van der Waals surface area contributed by atoms with Crippen molar-refractivity contribution in [2.24, 2.45) is 0 Å². The van der Waals surface area contributed by atoms with Crippen molar-refractivity contribution < 1.29 is 4.79 Å². The highest BCUT2D eigenvalue weighted by Crippen LogP contribution is 2.17. The van der Waals surface area contributed by atoms with Gasteiger partial charge < -0.3 is 5.32 Å². The Bertz CT molecular complexity index is 351. The molecule has 1 amide bonds. The SMILES string of the molecule is CCCC(C)(C)NC(=O)c1nnc(Cl)s1. The molecule has 1 heterocycles. The van der Waals surface area contributed by atoms with Gasteiger partial charge in [-0.15, -0.1) is 10.2 Å². The number of carbonyl (C=O) groups excluding carboxylic acids is 1. The molecule has 84 valence electrons. The van der Waals surface area contributed by atoms with Gasteiger partial charge in [0, 0.05) is 5.54 Å². The van der Waals surface area contributed by atoms with Gasteiger partial charge in [-0.2, -0.15) is 0 Å².